The van der Waals surface area contributed by atoms with Crippen LogP contribution in [-0.4, -0.2) is 6.54 Å². The smallest absolute Gasteiger partial charge is 0.0714 e. The van der Waals surface area contributed by atoms with E-state index in [1.54, 1.807) is 0 Å². The molecule has 1 heterocycles. The Hall–Kier alpha value is -5.14. The molecule has 0 N–H and O–H groups in total. The highest BCUT2D eigenvalue weighted by Gasteiger charge is 2.47. The molecule has 0 unspecified atom stereocenters. The molecule has 1 heteroatoms. The van der Waals surface area contributed by atoms with Crippen molar-refractivity contribution in [2.24, 2.45) is 0 Å². The second-order valence-electron chi connectivity index (χ2n) is 12.1. The Kier molecular flexibility index (Phi) is 5.22. The summed E-state index contributed by atoms with van der Waals surface area (Å²) in [5.74, 6) is 0. The number of nitrogens with zero attached hydrogens (tertiary/aromatic N) is 1. The number of hydrogen-bond acceptors (Lipinski definition) is 1. The zero-order valence-electron chi connectivity index (χ0n) is 24.2. The van der Waals surface area contributed by atoms with Crippen LogP contribution < -0.4 is 4.90 Å². The Morgan fingerprint density at radius 3 is 2.07 bits per heavy atom. The van der Waals surface area contributed by atoms with E-state index in [4.69, 9.17) is 0 Å². The van der Waals surface area contributed by atoms with Crippen LogP contribution in [0.3, 0.4) is 0 Å². The Morgan fingerprint density at radius 1 is 0.558 bits per heavy atom. The number of benzene rings is 7. The van der Waals surface area contributed by atoms with Crippen molar-refractivity contribution in [1.82, 2.24) is 0 Å². The van der Waals surface area contributed by atoms with Crippen molar-refractivity contribution in [2.75, 3.05) is 11.4 Å². The third-order valence-electron chi connectivity index (χ3n) is 9.86. The van der Waals surface area contributed by atoms with Crippen molar-refractivity contribution in [3.05, 3.63) is 179 Å². The number of fused-ring (bicyclic) bond motifs is 8. The van der Waals surface area contributed by atoms with Gasteiger partial charge in [0.1, 0.15) is 0 Å². The maximum absolute atomic E-state index is 2.52. The van der Waals surface area contributed by atoms with E-state index in [-0.39, 0.29) is 0 Å². The molecule has 0 aromatic heterocycles. The zero-order chi connectivity index (χ0) is 28.5. The molecule has 0 spiro atoms. The third kappa shape index (κ3) is 3.40. The van der Waals surface area contributed by atoms with Gasteiger partial charge >= 0.3 is 0 Å². The Labute approximate surface area is 252 Å². The summed E-state index contributed by atoms with van der Waals surface area (Å²) in [6.07, 6.45) is 1.08. The first-order valence-corrected chi connectivity index (χ1v) is 15.3. The summed E-state index contributed by atoms with van der Waals surface area (Å²) in [6, 6.07) is 54.6. The van der Waals surface area contributed by atoms with Gasteiger partial charge in [0.05, 0.1) is 5.41 Å². The average Bonchev–Trinajstić information content (AvgIpc) is 3.62. The molecule has 9 rings (SSSR count). The fourth-order valence-corrected chi connectivity index (χ4v) is 8.03. The highest BCUT2D eigenvalue weighted by Crippen LogP contribution is 2.59. The highest BCUT2D eigenvalue weighted by atomic mass is 15.2. The second kappa shape index (κ2) is 9.18. The predicted octanol–water partition coefficient (Wildman–Crippen LogP) is 10.4. The van der Waals surface area contributed by atoms with Gasteiger partial charge in [-0.3, -0.25) is 0 Å². The minimum Gasteiger partial charge on any atom is -0.341 e. The molecule has 0 radical (unpaired) electrons. The molecule has 1 nitrogen and oxygen atoms in total. The van der Waals surface area contributed by atoms with Crippen molar-refractivity contribution >= 4 is 32.9 Å². The minimum atomic E-state index is -0.432. The predicted molar refractivity (Wildman–Crippen MR) is 181 cm³/mol. The van der Waals surface area contributed by atoms with Gasteiger partial charge < -0.3 is 4.90 Å². The van der Waals surface area contributed by atoms with Crippen molar-refractivity contribution in [2.45, 2.75) is 18.8 Å². The quantitative estimate of drug-likeness (QED) is 0.198. The lowest BCUT2D eigenvalue weighted by Crippen LogP contribution is -2.28. The number of rotatable bonds is 3. The first-order valence-electron chi connectivity index (χ1n) is 15.3. The summed E-state index contributed by atoms with van der Waals surface area (Å²) < 4.78 is 0. The van der Waals surface area contributed by atoms with E-state index in [0.717, 1.165) is 13.0 Å². The molecule has 7 aromatic rings. The molecule has 2 aliphatic rings. The third-order valence-corrected chi connectivity index (χ3v) is 9.86. The van der Waals surface area contributed by atoms with Crippen LogP contribution in [0.5, 0.6) is 0 Å². The normalized spacial score (nSPS) is 14.6. The van der Waals surface area contributed by atoms with Crippen LogP contribution in [0, 0.1) is 6.92 Å². The monoisotopic (exact) mass is 549 g/mol. The minimum absolute atomic E-state index is 0.432. The van der Waals surface area contributed by atoms with Crippen molar-refractivity contribution in [3.8, 4) is 11.1 Å². The van der Waals surface area contributed by atoms with Crippen LogP contribution in [0.1, 0.15) is 33.4 Å². The SMILES string of the molecule is Cc1ccc2c(c1)CCN2c1ccc2c(c1)C(c1ccccc1)(c1ccccc1)c1ccc3c(ccc4ccccc43)c1-2. The largest absolute Gasteiger partial charge is 0.341 e. The van der Waals surface area contributed by atoms with Gasteiger partial charge in [-0.1, -0.05) is 133 Å². The standard InChI is InChI=1S/C42H31N/c1-28-16-23-40-30(26-28)24-25-43(40)33-18-20-37-39(27-33)42(31-11-4-2-5-12-31,32-13-6-3-7-14-32)38-22-21-35-34-15-9-8-10-29(34)17-19-36(35)41(37)38/h2-23,26-27H,24-25H2,1H3. The molecule has 1 aliphatic carbocycles. The Balaban J connectivity index is 1.39. The summed E-state index contributed by atoms with van der Waals surface area (Å²) in [4.78, 5) is 2.52. The van der Waals surface area contributed by atoms with E-state index in [9.17, 15) is 0 Å². The van der Waals surface area contributed by atoms with E-state index in [1.165, 1.54) is 77.4 Å². The Morgan fingerprint density at radius 2 is 1.28 bits per heavy atom. The fraction of sp³-hybridized carbons (Fsp3) is 0.0952. The van der Waals surface area contributed by atoms with E-state index in [2.05, 4.69) is 157 Å². The van der Waals surface area contributed by atoms with Crippen LogP contribution in [-0.2, 0) is 11.8 Å². The van der Waals surface area contributed by atoms with Crippen LogP contribution in [0.15, 0.2) is 146 Å². The lowest BCUT2D eigenvalue weighted by atomic mass is 9.67. The molecule has 204 valence electrons. The number of hydrogen-bond donors (Lipinski definition) is 0. The molecule has 0 atom stereocenters. The summed E-state index contributed by atoms with van der Waals surface area (Å²) >= 11 is 0. The lowest BCUT2D eigenvalue weighted by molar-refractivity contribution is 0.768. The lowest BCUT2D eigenvalue weighted by Gasteiger charge is -2.34. The van der Waals surface area contributed by atoms with Gasteiger partial charge in [-0.15, -0.1) is 0 Å². The number of anilines is 2. The van der Waals surface area contributed by atoms with Crippen molar-refractivity contribution < 1.29 is 0 Å². The van der Waals surface area contributed by atoms with Gasteiger partial charge in [-0.25, -0.2) is 0 Å². The molecule has 7 aromatic carbocycles. The maximum Gasteiger partial charge on any atom is 0.0714 e. The molecule has 0 bridgehead atoms. The first-order chi connectivity index (χ1) is 21.2. The average molecular weight is 550 g/mol. The van der Waals surface area contributed by atoms with E-state index >= 15 is 0 Å². The van der Waals surface area contributed by atoms with Crippen LogP contribution >= 0.6 is 0 Å². The van der Waals surface area contributed by atoms with E-state index in [1.807, 2.05) is 0 Å². The van der Waals surface area contributed by atoms with Crippen molar-refractivity contribution in [1.29, 1.82) is 0 Å². The summed E-state index contributed by atoms with van der Waals surface area (Å²) in [5.41, 5.74) is 12.9. The van der Waals surface area contributed by atoms with Gasteiger partial charge in [0.2, 0.25) is 0 Å². The highest BCUT2D eigenvalue weighted by molar-refractivity contribution is 6.14. The molecular formula is C42H31N. The van der Waals surface area contributed by atoms with Gasteiger partial charge in [0, 0.05) is 17.9 Å². The molecule has 0 saturated heterocycles. The van der Waals surface area contributed by atoms with E-state index < -0.39 is 5.41 Å². The molecular weight excluding hydrogens is 518 g/mol. The Bertz CT molecular complexity index is 2150. The molecule has 0 saturated carbocycles. The van der Waals surface area contributed by atoms with Crippen LogP contribution in [0.2, 0.25) is 0 Å². The van der Waals surface area contributed by atoms with E-state index in [0.29, 0.717) is 0 Å². The summed E-state index contributed by atoms with van der Waals surface area (Å²) in [7, 11) is 0. The molecule has 1 aliphatic heterocycles. The van der Waals surface area contributed by atoms with Gasteiger partial charge in [0.15, 0.2) is 0 Å². The maximum atomic E-state index is 2.52. The van der Waals surface area contributed by atoms with Crippen LogP contribution in [0.25, 0.3) is 32.7 Å². The van der Waals surface area contributed by atoms with Gasteiger partial charge in [-0.05, 0) is 92.0 Å². The number of aryl methyl sites for hydroxylation is 1. The van der Waals surface area contributed by atoms with Crippen molar-refractivity contribution in [3.63, 3.8) is 0 Å². The first kappa shape index (κ1) is 24.5. The summed E-state index contributed by atoms with van der Waals surface area (Å²) in [6.45, 7) is 3.19. The molecule has 0 amide bonds. The van der Waals surface area contributed by atoms with Crippen LogP contribution in [0.4, 0.5) is 11.4 Å². The van der Waals surface area contributed by atoms with Gasteiger partial charge in [-0.2, -0.15) is 0 Å². The fourth-order valence-electron chi connectivity index (χ4n) is 8.03. The second-order valence-corrected chi connectivity index (χ2v) is 12.1. The molecule has 0 fully saturated rings. The topological polar surface area (TPSA) is 3.24 Å². The summed E-state index contributed by atoms with van der Waals surface area (Å²) in [5, 5.41) is 5.22. The molecule has 43 heavy (non-hydrogen) atoms. The zero-order valence-corrected chi connectivity index (χ0v) is 24.2. The van der Waals surface area contributed by atoms with Gasteiger partial charge in [0.25, 0.3) is 0 Å².